The molecule has 2 aromatic carbocycles. The highest BCUT2D eigenvalue weighted by atomic mass is 79.9. The van der Waals surface area contributed by atoms with E-state index in [0.717, 1.165) is 21.2 Å². The summed E-state index contributed by atoms with van der Waals surface area (Å²) in [5.74, 6) is -0.909. The average molecular weight is 410 g/mol. The summed E-state index contributed by atoms with van der Waals surface area (Å²) in [6.07, 6.45) is 0.177. The van der Waals surface area contributed by atoms with Crippen molar-refractivity contribution in [3.8, 4) is 0 Å². The molecule has 0 unspecified atom stereocenters. The molecular weight excluding hydrogens is 389 g/mol. The van der Waals surface area contributed by atoms with E-state index in [1.165, 1.54) is 12.1 Å². The maximum absolute atomic E-state index is 13.4. The van der Waals surface area contributed by atoms with E-state index in [-0.39, 0.29) is 18.2 Å². The van der Waals surface area contributed by atoms with Crippen LogP contribution in [0.25, 0.3) is 0 Å². The Hall–Kier alpha value is -1.76. The number of halogens is 2. The van der Waals surface area contributed by atoms with Gasteiger partial charge in [0, 0.05) is 17.5 Å². The third-order valence-corrected chi connectivity index (χ3v) is 4.83. The molecule has 4 nitrogen and oxygen atoms in total. The van der Waals surface area contributed by atoms with Gasteiger partial charge in [-0.3, -0.25) is 10.0 Å². The van der Waals surface area contributed by atoms with Crippen molar-refractivity contribution in [1.82, 2.24) is 5.48 Å². The van der Waals surface area contributed by atoms with Crippen LogP contribution in [0.4, 0.5) is 4.39 Å². The highest BCUT2D eigenvalue weighted by Crippen LogP contribution is 2.30. The summed E-state index contributed by atoms with van der Waals surface area (Å²) in [5, 5.41) is 8.83. The minimum atomic E-state index is -0.509. The van der Waals surface area contributed by atoms with Gasteiger partial charge in [0.05, 0.1) is 12.5 Å². The zero-order valence-corrected chi connectivity index (χ0v) is 15.7. The lowest BCUT2D eigenvalue weighted by Crippen LogP contribution is -2.31. The largest absolute Gasteiger partial charge is 0.380 e. The summed E-state index contributed by atoms with van der Waals surface area (Å²) in [5.41, 5.74) is 4.49. The molecule has 2 N–H and O–H groups in total. The van der Waals surface area contributed by atoms with E-state index < -0.39 is 12.0 Å². The molecule has 0 aliphatic rings. The molecule has 0 saturated carbocycles. The van der Waals surface area contributed by atoms with Crippen molar-refractivity contribution >= 4 is 21.8 Å². The van der Waals surface area contributed by atoms with Crippen LogP contribution in [-0.2, 0) is 16.0 Å². The molecule has 6 heteroatoms. The first-order valence-corrected chi connectivity index (χ1v) is 8.70. The SMILES string of the molecule is CO[C@H](CC(=O)NO)[C@H](Cc1ccc(F)cc1C)c1ccc(Br)cc1. The Morgan fingerprint density at radius 2 is 1.96 bits per heavy atom. The van der Waals surface area contributed by atoms with Gasteiger partial charge in [0.1, 0.15) is 5.82 Å². The summed E-state index contributed by atoms with van der Waals surface area (Å²) in [4.78, 5) is 11.6. The lowest BCUT2D eigenvalue weighted by molar-refractivity contribution is -0.132. The van der Waals surface area contributed by atoms with E-state index >= 15 is 0 Å². The number of hydrogen-bond donors (Lipinski definition) is 2. The van der Waals surface area contributed by atoms with E-state index in [2.05, 4.69) is 15.9 Å². The zero-order valence-electron chi connectivity index (χ0n) is 14.1. The minimum Gasteiger partial charge on any atom is -0.380 e. The smallest absolute Gasteiger partial charge is 0.245 e. The second kappa shape index (κ2) is 9.08. The Kier molecular flexibility index (Phi) is 7.11. The van der Waals surface area contributed by atoms with Crippen LogP contribution in [0.15, 0.2) is 46.9 Å². The second-order valence-corrected chi connectivity index (χ2v) is 6.86. The fraction of sp³-hybridized carbons (Fsp3) is 0.316. The maximum atomic E-state index is 13.4. The van der Waals surface area contributed by atoms with Crippen LogP contribution < -0.4 is 5.48 Å². The number of methoxy groups -OCH3 is 1. The molecule has 2 aromatic rings. The predicted molar refractivity (Wildman–Crippen MR) is 97.1 cm³/mol. The lowest BCUT2D eigenvalue weighted by atomic mass is 9.84. The number of carbonyl (C=O) groups is 1. The van der Waals surface area contributed by atoms with Gasteiger partial charge in [-0.1, -0.05) is 34.1 Å². The number of aryl methyl sites for hydroxylation is 1. The molecule has 134 valence electrons. The van der Waals surface area contributed by atoms with Gasteiger partial charge in [-0.05, 0) is 54.3 Å². The quantitative estimate of drug-likeness (QED) is 0.533. The van der Waals surface area contributed by atoms with Gasteiger partial charge in [-0.2, -0.15) is 0 Å². The third kappa shape index (κ3) is 5.36. The van der Waals surface area contributed by atoms with E-state index in [4.69, 9.17) is 9.94 Å². The molecule has 0 fully saturated rings. The molecule has 2 rings (SSSR count). The first kappa shape index (κ1) is 19.6. The summed E-state index contributed by atoms with van der Waals surface area (Å²) in [6.45, 7) is 1.86. The van der Waals surface area contributed by atoms with Crippen molar-refractivity contribution in [3.05, 3.63) is 69.4 Å². The zero-order chi connectivity index (χ0) is 18.4. The molecule has 1 amide bonds. The summed E-state index contributed by atoms with van der Waals surface area (Å²) in [6, 6.07) is 12.5. The van der Waals surface area contributed by atoms with E-state index in [9.17, 15) is 9.18 Å². The molecule has 0 aromatic heterocycles. The van der Waals surface area contributed by atoms with Crippen LogP contribution in [0.1, 0.15) is 29.0 Å². The Balaban J connectivity index is 2.36. The second-order valence-electron chi connectivity index (χ2n) is 5.95. The van der Waals surface area contributed by atoms with Crippen LogP contribution in [0.2, 0.25) is 0 Å². The number of amides is 1. The Morgan fingerprint density at radius 1 is 1.28 bits per heavy atom. The number of ether oxygens (including phenoxy) is 1. The molecular formula is C19H21BrFNO3. The van der Waals surface area contributed by atoms with Crippen molar-refractivity contribution in [2.24, 2.45) is 0 Å². The molecule has 0 radical (unpaired) electrons. The van der Waals surface area contributed by atoms with Crippen molar-refractivity contribution < 1.29 is 19.1 Å². The van der Waals surface area contributed by atoms with Gasteiger partial charge >= 0.3 is 0 Å². The number of nitrogens with one attached hydrogen (secondary N) is 1. The van der Waals surface area contributed by atoms with Gasteiger partial charge in [-0.15, -0.1) is 0 Å². The fourth-order valence-corrected chi connectivity index (χ4v) is 3.18. The maximum Gasteiger partial charge on any atom is 0.245 e. The van der Waals surface area contributed by atoms with Crippen molar-refractivity contribution in [2.75, 3.05) is 7.11 Å². The molecule has 25 heavy (non-hydrogen) atoms. The normalized spacial score (nSPS) is 13.3. The van der Waals surface area contributed by atoms with Crippen LogP contribution in [0, 0.1) is 12.7 Å². The molecule has 0 aliphatic heterocycles. The summed E-state index contributed by atoms with van der Waals surface area (Å²) >= 11 is 3.42. The predicted octanol–water partition coefficient (Wildman–Crippen LogP) is 4.13. The van der Waals surface area contributed by atoms with Crippen molar-refractivity contribution in [2.45, 2.75) is 31.8 Å². The lowest BCUT2D eigenvalue weighted by Gasteiger charge is -2.27. The van der Waals surface area contributed by atoms with Gasteiger partial charge in [-0.25, -0.2) is 9.87 Å². The Bertz CT molecular complexity index is 721. The topological polar surface area (TPSA) is 58.6 Å². The molecule has 0 aliphatic carbocycles. The van der Waals surface area contributed by atoms with E-state index in [1.807, 2.05) is 31.2 Å². The minimum absolute atomic E-state index is 0.0218. The van der Waals surface area contributed by atoms with Gasteiger partial charge in [0.2, 0.25) is 5.91 Å². The van der Waals surface area contributed by atoms with Crippen LogP contribution in [0.5, 0.6) is 0 Å². The Morgan fingerprint density at radius 3 is 2.52 bits per heavy atom. The monoisotopic (exact) mass is 409 g/mol. The highest BCUT2D eigenvalue weighted by molar-refractivity contribution is 9.10. The van der Waals surface area contributed by atoms with Gasteiger partial charge in [0.15, 0.2) is 0 Å². The van der Waals surface area contributed by atoms with Crippen LogP contribution >= 0.6 is 15.9 Å². The number of hydrogen-bond acceptors (Lipinski definition) is 3. The number of hydroxylamine groups is 1. The highest BCUT2D eigenvalue weighted by Gasteiger charge is 2.26. The van der Waals surface area contributed by atoms with E-state index in [0.29, 0.717) is 6.42 Å². The number of benzene rings is 2. The number of rotatable bonds is 7. The summed E-state index contributed by atoms with van der Waals surface area (Å²) in [7, 11) is 1.54. The molecule has 2 atom stereocenters. The Labute approximate surface area is 155 Å². The van der Waals surface area contributed by atoms with Gasteiger partial charge < -0.3 is 4.74 Å². The number of carbonyl (C=O) groups excluding carboxylic acids is 1. The molecule has 0 heterocycles. The first-order chi connectivity index (χ1) is 11.9. The fourth-order valence-electron chi connectivity index (χ4n) is 2.92. The molecule has 0 saturated heterocycles. The van der Waals surface area contributed by atoms with Crippen LogP contribution in [0.3, 0.4) is 0 Å². The molecule has 0 bridgehead atoms. The standard InChI is InChI=1S/C19H21BrFNO3/c1-12-9-16(21)8-5-14(12)10-17(13-3-6-15(20)7-4-13)18(25-2)11-19(23)22-24/h3-9,17-18,24H,10-11H2,1-2H3,(H,22,23)/t17-,18-/m1/s1. The van der Waals surface area contributed by atoms with E-state index in [1.54, 1.807) is 18.7 Å². The molecule has 0 spiro atoms. The van der Waals surface area contributed by atoms with Gasteiger partial charge in [0.25, 0.3) is 0 Å². The average Bonchev–Trinajstić information content (AvgIpc) is 2.60. The van der Waals surface area contributed by atoms with Crippen molar-refractivity contribution in [3.63, 3.8) is 0 Å². The summed E-state index contributed by atoms with van der Waals surface area (Å²) < 4.78 is 19.9. The van der Waals surface area contributed by atoms with Crippen molar-refractivity contribution in [1.29, 1.82) is 0 Å². The van der Waals surface area contributed by atoms with Crippen LogP contribution in [-0.4, -0.2) is 24.3 Å². The third-order valence-electron chi connectivity index (χ3n) is 4.31. The first-order valence-electron chi connectivity index (χ1n) is 7.90.